The summed E-state index contributed by atoms with van der Waals surface area (Å²) in [5.74, 6) is -0.610. The molecule has 128 valence electrons. The first kappa shape index (κ1) is 17.6. The van der Waals surface area contributed by atoms with Crippen molar-refractivity contribution in [3.63, 3.8) is 0 Å². The Morgan fingerprint density at radius 3 is 2.39 bits per heavy atom. The van der Waals surface area contributed by atoms with E-state index in [0.717, 1.165) is 37.8 Å². The Hall–Kier alpha value is -1.76. The quantitative estimate of drug-likeness (QED) is 0.871. The third-order valence-electron chi connectivity index (χ3n) is 4.02. The number of alkyl halides is 3. The monoisotopic (exact) mass is 331 g/mol. The van der Waals surface area contributed by atoms with Crippen molar-refractivity contribution in [1.82, 2.24) is 5.32 Å². The van der Waals surface area contributed by atoms with E-state index in [4.69, 9.17) is 0 Å². The molecule has 7 heteroatoms. The fourth-order valence-corrected chi connectivity index (χ4v) is 2.79. The minimum atomic E-state index is -4.76. The van der Waals surface area contributed by atoms with Crippen LogP contribution in [-0.2, 0) is 0 Å². The van der Waals surface area contributed by atoms with Gasteiger partial charge in [-0.1, -0.05) is 19.3 Å². The molecule has 0 bridgehead atoms. The van der Waals surface area contributed by atoms with Crippen molar-refractivity contribution in [2.75, 3.05) is 6.54 Å². The molecule has 1 unspecified atom stereocenters. The predicted octanol–water partition coefficient (Wildman–Crippen LogP) is 3.26. The van der Waals surface area contributed by atoms with E-state index in [0.29, 0.717) is 0 Å². The van der Waals surface area contributed by atoms with E-state index in [-0.39, 0.29) is 23.8 Å². The van der Waals surface area contributed by atoms with Gasteiger partial charge in [0.2, 0.25) is 0 Å². The summed E-state index contributed by atoms with van der Waals surface area (Å²) in [5.41, 5.74) is 0.218. The maximum atomic E-state index is 12.1. The third-order valence-corrected chi connectivity index (χ3v) is 4.02. The number of carbonyl (C=O) groups excluding carboxylic acids is 1. The molecule has 2 rings (SSSR count). The molecule has 0 saturated heterocycles. The van der Waals surface area contributed by atoms with Gasteiger partial charge in [0, 0.05) is 12.1 Å². The molecular weight excluding hydrogens is 311 g/mol. The standard InChI is InChI=1S/C16H20F3NO3/c17-16(18,19)23-13-8-6-12(7-9-13)15(22)20-10-14(21)11-4-2-1-3-5-11/h6-9,11,14,21H,1-5,10H2,(H,20,22). The van der Waals surface area contributed by atoms with Crippen molar-refractivity contribution < 1.29 is 27.8 Å². The van der Waals surface area contributed by atoms with Gasteiger partial charge in [0.1, 0.15) is 5.75 Å². The average Bonchev–Trinajstić information content (AvgIpc) is 2.52. The summed E-state index contributed by atoms with van der Waals surface area (Å²) in [5, 5.41) is 12.7. The van der Waals surface area contributed by atoms with E-state index in [1.165, 1.54) is 18.6 Å². The van der Waals surface area contributed by atoms with Crippen LogP contribution in [0.15, 0.2) is 24.3 Å². The molecular formula is C16H20F3NO3. The zero-order valence-electron chi connectivity index (χ0n) is 12.6. The van der Waals surface area contributed by atoms with E-state index < -0.39 is 18.4 Å². The number of carbonyl (C=O) groups is 1. The fraction of sp³-hybridized carbons (Fsp3) is 0.562. The van der Waals surface area contributed by atoms with Crippen LogP contribution in [0, 0.1) is 5.92 Å². The number of nitrogens with one attached hydrogen (secondary N) is 1. The second kappa shape index (κ2) is 7.68. The zero-order valence-corrected chi connectivity index (χ0v) is 12.6. The molecule has 0 heterocycles. The highest BCUT2D eigenvalue weighted by molar-refractivity contribution is 5.94. The highest BCUT2D eigenvalue weighted by Crippen LogP contribution is 2.26. The van der Waals surface area contributed by atoms with E-state index in [1.54, 1.807) is 0 Å². The summed E-state index contributed by atoms with van der Waals surface area (Å²) >= 11 is 0. The summed E-state index contributed by atoms with van der Waals surface area (Å²) in [7, 11) is 0. The molecule has 1 fully saturated rings. The van der Waals surface area contributed by atoms with Crippen molar-refractivity contribution in [3.8, 4) is 5.75 Å². The summed E-state index contributed by atoms with van der Waals surface area (Å²) in [4.78, 5) is 11.9. The first-order chi connectivity index (χ1) is 10.8. The topological polar surface area (TPSA) is 58.6 Å². The SMILES string of the molecule is O=C(NCC(O)C1CCCCC1)c1ccc(OC(F)(F)F)cc1. The molecule has 1 aromatic rings. The summed E-state index contributed by atoms with van der Waals surface area (Å²) < 4.78 is 39.9. The van der Waals surface area contributed by atoms with E-state index in [9.17, 15) is 23.1 Å². The molecule has 1 aliphatic carbocycles. The lowest BCUT2D eigenvalue weighted by atomic mass is 9.85. The van der Waals surface area contributed by atoms with Crippen molar-refractivity contribution >= 4 is 5.91 Å². The first-order valence-electron chi connectivity index (χ1n) is 7.67. The molecule has 1 saturated carbocycles. The summed E-state index contributed by atoms with van der Waals surface area (Å²) in [6, 6.07) is 4.67. The lowest BCUT2D eigenvalue weighted by Crippen LogP contribution is -2.37. The van der Waals surface area contributed by atoms with Crippen molar-refractivity contribution in [3.05, 3.63) is 29.8 Å². The lowest BCUT2D eigenvalue weighted by Gasteiger charge is -2.26. The molecule has 0 aliphatic heterocycles. The van der Waals surface area contributed by atoms with Gasteiger partial charge in [0.25, 0.3) is 5.91 Å². The van der Waals surface area contributed by atoms with Gasteiger partial charge in [-0.25, -0.2) is 0 Å². The van der Waals surface area contributed by atoms with Gasteiger partial charge in [0.15, 0.2) is 0 Å². The molecule has 4 nitrogen and oxygen atoms in total. The smallest absolute Gasteiger partial charge is 0.406 e. The van der Waals surface area contributed by atoms with Crippen LogP contribution in [0.2, 0.25) is 0 Å². The number of aliphatic hydroxyl groups excluding tert-OH is 1. The molecule has 1 atom stereocenters. The van der Waals surface area contributed by atoms with Crippen LogP contribution in [0.3, 0.4) is 0 Å². The first-order valence-corrected chi connectivity index (χ1v) is 7.67. The van der Waals surface area contributed by atoms with Crippen LogP contribution >= 0.6 is 0 Å². The average molecular weight is 331 g/mol. The number of hydrogen-bond donors (Lipinski definition) is 2. The lowest BCUT2D eigenvalue weighted by molar-refractivity contribution is -0.274. The second-order valence-electron chi connectivity index (χ2n) is 5.75. The van der Waals surface area contributed by atoms with Crippen LogP contribution in [-0.4, -0.2) is 30.0 Å². The molecule has 1 aromatic carbocycles. The highest BCUT2D eigenvalue weighted by atomic mass is 19.4. The number of amides is 1. The van der Waals surface area contributed by atoms with Crippen LogP contribution in [0.4, 0.5) is 13.2 Å². The Labute approximate surface area is 132 Å². The summed E-state index contributed by atoms with van der Waals surface area (Å²) in [6.07, 6.45) is -0.0594. The Morgan fingerprint density at radius 2 is 1.83 bits per heavy atom. The largest absolute Gasteiger partial charge is 0.573 e. The Balaban J connectivity index is 1.83. The fourth-order valence-electron chi connectivity index (χ4n) is 2.79. The predicted molar refractivity (Wildman–Crippen MR) is 78.0 cm³/mol. The van der Waals surface area contributed by atoms with Gasteiger partial charge in [-0.05, 0) is 43.0 Å². The number of benzene rings is 1. The number of halogens is 3. The van der Waals surface area contributed by atoms with Crippen LogP contribution in [0.1, 0.15) is 42.5 Å². The maximum Gasteiger partial charge on any atom is 0.573 e. The molecule has 2 N–H and O–H groups in total. The number of aliphatic hydroxyl groups is 1. The van der Waals surface area contributed by atoms with Crippen molar-refractivity contribution in [2.45, 2.75) is 44.6 Å². The third kappa shape index (κ3) is 5.74. The minimum Gasteiger partial charge on any atom is -0.406 e. The molecule has 0 spiro atoms. The van der Waals surface area contributed by atoms with Crippen molar-refractivity contribution in [1.29, 1.82) is 0 Å². The molecule has 23 heavy (non-hydrogen) atoms. The maximum absolute atomic E-state index is 12.1. The van der Waals surface area contributed by atoms with Gasteiger partial charge in [-0.15, -0.1) is 13.2 Å². The van der Waals surface area contributed by atoms with E-state index in [1.807, 2.05) is 0 Å². The molecule has 0 aromatic heterocycles. The van der Waals surface area contributed by atoms with E-state index >= 15 is 0 Å². The minimum absolute atomic E-state index is 0.143. The van der Waals surface area contributed by atoms with Crippen LogP contribution in [0.5, 0.6) is 5.75 Å². The van der Waals surface area contributed by atoms with Gasteiger partial charge in [0.05, 0.1) is 6.10 Å². The highest BCUT2D eigenvalue weighted by Gasteiger charge is 2.31. The number of rotatable bonds is 5. The Bertz CT molecular complexity index is 510. The van der Waals surface area contributed by atoms with Gasteiger partial charge < -0.3 is 15.2 Å². The van der Waals surface area contributed by atoms with Crippen LogP contribution < -0.4 is 10.1 Å². The Kier molecular flexibility index (Phi) is 5.87. The summed E-state index contributed by atoms with van der Waals surface area (Å²) in [6.45, 7) is 0.143. The van der Waals surface area contributed by atoms with Crippen LogP contribution in [0.25, 0.3) is 0 Å². The second-order valence-corrected chi connectivity index (χ2v) is 5.75. The zero-order chi connectivity index (χ0) is 16.9. The van der Waals surface area contributed by atoms with E-state index in [2.05, 4.69) is 10.1 Å². The Morgan fingerprint density at radius 1 is 1.22 bits per heavy atom. The normalized spacial score (nSPS) is 17.6. The van der Waals surface area contributed by atoms with Crippen molar-refractivity contribution in [2.24, 2.45) is 5.92 Å². The van der Waals surface area contributed by atoms with Gasteiger partial charge in [-0.2, -0.15) is 0 Å². The van der Waals surface area contributed by atoms with Gasteiger partial charge >= 0.3 is 6.36 Å². The molecule has 1 amide bonds. The van der Waals surface area contributed by atoms with Gasteiger partial charge in [-0.3, -0.25) is 4.79 Å². The molecule has 1 aliphatic rings. The number of hydrogen-bond acceptors (Lipinski definition) is 3. The number of ether oxygens (including phenoxy) is 1. The molecule has 0 radical (unpaired) electrons.